The van der Waals surface area contributed by atoms with Gasteiger partial charge in [0.25, 0.3) is 0 Å². The summed E-state index contributed by atoms with van der Waals surface area (Å²) in [5.74, 6) is 3.04. The molecule has 2 aromatic heterocycles. The Hall–Kier alpha value is -2.44. The Labute approximate surface area is 175 Å². The average Bonchev–Trinajstić information content (AvgIpc) is 3.06. The lowest BCUT2D eigenvalue weighted by molar-refractivity contribution is 0.139. The van der Waals surface area contributed by atoms with Crippen LogP contribution >= 0.6 is 11.6 Å². The smallest absolute Gasteiger partial charge is 0.213 e. The fraction of sp³-hybridized carbons (Fsp3) is 0.409. The summed E-state index contributed by atoms with van der Waals surface area (Å²) in [5, 5.41) is 9.85. The molecule has 29 heavy (non-hydrogen) atoms. The van der Waals surface area contributed by atoms with Gasteiger partial charge >= 0.3 is 0 Å². The maximum atomic E-state index is 6.35. The molecular formula is C22H24ClN5O. The summed E-state index contributed by atoms with van der Waals surface area (Å²) in [6, 6.07) is 11.8. The lowest BCUT2D eigenvalue weighted by atomic mass is 9.86. The van der Waals surface area contributed by atoms with Crippen LogP contribution in [0.4, 0.5) is 0 Å². The summed E-state index contributed by atoms with van der Waals surface area (Å²) in [6.07, 6.45) is 7.48. The number of ether oxygens (including phenoxy) is 1. The third-order valence-corrected chi connectivity index (χ3v) is 6.16. The molecule has 2 aliphatic rings. The number of halogens is 1. The minimum Gasteiger partial charge on any atom is -0.474 e. The van der Waals surface area contributed by atoms with Gasteiger partial charge in [0.15, 0.2) is 0 Å². The predicted octanol–water partition coefficient (Wildman–Crippen LogP) is 3.85. The summed E-state index contributed by atoms with van der Waals surface area (Å²) in [4.78, 5) is 4.28. The molecule has 1 atom stereocenters. The average molecular weight is 410 g/mol. The van der Waals surface area contributed by atoms with Crippen molar-refractivity contribution >= 4 is 11.6 Å². The molecule has 0 bridgehead atoms. The van der Waals surface area contributed by atoms with Gasteiger partial charge < -0.3 is 10.5 Å². The quantitative estimate of drug-likeness (QED) is 0.710. The van der Waals surface area contributed by atoms with E-state index in [2.05, 4.69) is 25.8 Å². The molecule has 1 fully saturated rings. The van der Waals surface area contributed by atoms with Crippen LogP contribution in [-0.2, 0) is 12.8 Å². The maximum Gasteiger partial charge on any atom is 0.213 e. The van der Waals surface area contributed by atoms with Gasteiger partial charge in [0, 0.05) is 35.7 Å². The van der Waals surface area contributed by atoms with E-state index in [0.717, 1.165) is 66.4 Å². The van der Waals surface area contributed by atoms with Crippen molar-refractivity contribution < 1.29 is 4.74 Å². The van der Waals surface area contributed by atoms with Gasteiger partial charge in [0.1, 0.15) is 17.8 Å². The largest absolute Gasteiger partial charge is 0.474 e. The van der Waals surface area contributed by atoms with E-state index in [1.54, 1.807) is 6.20 Å². The first-order valence-corrected chi connectivity index (χ1v) is 10.6. The lowest BCUT2D eigenvalue weighted by Gasteiger charge is -2.28. The minimum absolute atomic E-state index is 0.0213. The summed E-state index contributed by atoms with van der Waals surface area (Å²) in [6.45, 7) is 0. The number of fused-ring (bicyclic) bond motifs is 3. The number of pyridine rings is 1. The van der Waals surface area contributed by atoms with Gasteiger partial charge in [-0.15, -0.1) is 10.2 Å². The zero-order valence-electron chi connectivity index (χ0n) is 16.2. The molecule has 1 aliphatic carbocycles. The number of nitrogens with two attached hydrogens (primary N) is 1. The number of aromatic nitrogens is 4. The predicted molar refractivity (Wildman–Crippen MR) is 112 cm³/mol. The van der Waals surface area contributed by atoms with Crippen LogP contribution in [0.5, 0.6) is 5.88 Å². The first-order chi connectivity index (χ1) is 14.2. The first kappa shape index (κ1) is 18.6. The Kier molecular flexibility index (Phi) is 4.97. The van der Waals surface area contributed by atoms with E-state index >= 15 is 0 Å². The summed E-state index contributed by atoms with van der Waals surface area (Å²) in [7, 11) is 0. The summed E-state index contributed by atoms with van der Waals surface area (Å²) in [5.41, 5.74) is 8.63. The molecule has 6 nitrogen and oxygen atoms in total. The van der Waals surface area contributed by atoms with E-state index in [0.29, 0.717) is 11.8 Å². The van der Waals surface area contributed by atoms with Crippen molar-refractivity contribution in [2.45, 2.75) is 56.6 Å². The fourth-order valence-electron chi connectivity index (χ4n) is 4.54. The number of hydrogen-bond donors (Lipinski definition) is 1. The lowest BCUT2D eigenvalue weighted by Crippen LogP contribution is -2.25. The van der Waals surface area contributed by atoms with Gasteiger partial charge in [0.05, 0.1) is 5.69 Å². The topological polar surface area (TPSA) is 78.9 Å². The van der Waals surface area contributed by atoms with Gasteiger partial charge in [-0.2, -0.15) is 0 Å². The second-order valence-corrected chi connectivity index (χ2v) is 8.45. The van der Waals surface area contributed by atoms with Crippen molar-refractivity contribution in [3.8, 4) is 11.6 Å². The highest BCUT2D eigenvalue weighted by Gasteiger charge is 2.31. The molecule has 1 saturated carbocycles. The Morgan fingerprint density at radius 1 is 1.03 bits per heavy atom. The van der Waals surface area contributed by atoms with E-state index in [-0.39, 0.29) is 12.1 Å². The molecule has 0 spiro atoms. The number of hydrogen-bond acceptors (Lipinski definition) is 5. The van der Waals surface area contributed by atoms with Crippen molar-refractivity contribution in [2.24, 2.45) is 5.73 Å². The van der Waals surface area contributed by atoms with Crippen molar-refractivity contribution in [1.82, 2.24) is 19.7 Å². The van der Waals surface area contributed by atoms with Crippen LogP contribution < -0.4 is 10.5 Å². The highest BCUT2D eigenvalue weighted by atomic mass is 35.5. The SMILES string of the molecule is N[C@@H]1Cc2cc(Cl)ccc2-n2c(nnc2C2CCC(Oc3ccccn3)CC2)C1. The molecule has 0 radical (unpaired) electrons. The third kappa shape index (κ3) is 3.74. The molecule has 5 rings (SSSR count). The van der Waals surface area contributed by atoms with Crippen LogP contribution in [0.15, 0.2) is 42.6 Å². The van der Waals surface area contributed by atoms with Crippen molar-refractivity contribution in [1.29, 1.82) is 0 Å². The van der Waals surface area contributed by atoms with Crippen LogP contribution in [0.2, 0.25) is 5.02 Å². The van der Waals surface area contributed by atoms with Crippen LogP contribution in [0, 0.1) is 0 Å². The van der Waals surface area contributed by atoms with Gasteiger partial charge in [0.2, 0.25) is 5.88 Å². The number of rotatable bonds is 3. The van der Waals surface area contributed by atoms with Crippen molar-refractivity contribution in [3.05, 3.63) is 64.8 Å². The Balaban J connectivity index is 1.38. The Morgan fingerprint density at radius 2 is 1.90 bits per heavy atom. The zero-order chi connectivity index (χ0) is 19.8. The fourth-order valence-corrected chi connectivity index (χ4v) is 4.74. The molecule has 1 aliphatic heterocycles. The van der Waals surface area contributed by atoms with Crippen LogP contribution in [0.25, 0.3) is 5.69 Å². The standard InChI is InChI=1S/C22H24ClN5O/c23-16-6-9-19-15(11-16)12-17(24)13-20-26-27-22(28(19)20)14-4-7-18(8-5-14)29-21-3-1-2-10-25-21/h1-3,6,9-11,14,17-18H,4-5,7-8,12-13,24H2/t14?,17-,18?/m1/s1. The molecule has 0 saturated heterocycles. The normalized spacial score (nSPS) is 23.7. The monoisotopic (exact) mass is 409 g/mol. The summed E-state index contributed by atoms with van der Waals surface area (Å²) < 4.78 is 8.28. The molecule has 3 heterocycles. The molecule has 150 valence electrons. The van der Waals surface area contributed by atoms with Gasteiger partial charge in [-0.25, -0.2) is 4.98 Å². The third-order valence-electron chi connectivity index (χ3n) is 5.93. The zero-order valence-corrected chi connectivity index (χ0v) is 16.9. The summed E-state index contributed by atoms with van der Waals surface area (Å²) >= 11 is 6.25. The van der Waals surface area contributed by atoms with E-state index in [1.165, 1.54) is 0 Å². The highest BCUT2D eigenvalue weighted by Crippen LogP contribution is 2.36. The van der Waals surface area contributed by atoms with E-state index in [9.17, 15) is 0 Å². The van der Waals surface area contributed by atoms with Crippen LogP contribution in [-0.4, -0.2) is 31.9 Å². The highest BCUT2D eigenvalue weighted by molar-refractivity contribution is 6.30. The second-order valence-electron chi connectivity index (χ2n) is 8.01. The van der Waals surface area contributed by atoms with Crippen LogP contribution in [0.3, 0.4) is 0 Å². The van der Waals surface area contributed by atoms with Gasteiger partial charge in [-0.3, -0.25) is 4.57 Å². The molecule has 1 aromatic carbocycles. The van der Waals surface area contributed by atoms with Crippen LogP contribution in [0.1, 0.15) is 48.8 Å². The van der Waals surface area contributed by atoms with E-state index in [4.69, 9.17) is 22.1 Å². The van der Waals surface area contributed by atoms with Gasteiger partial charge in [-0.1, -0.05) is 17.7 Å². The molecule has 2 N–H and O–H groups in total. The van der Waals surface area contributed by atoms with Gasteiger partial charge in [-0.05, 0) is 61.9 Å². The molecule has 0 amide bonds. The van der Waals surface area contributed by atoms with Crippen molar-refractivity contribution in [2.75, 3.05) is 0 Å². The maximum absolute atomic E-state index is 6.35. The second kappa shape index (κ2) is 7.76. The Bertz CT molecular complexity index is 998. The molecular weight excluding hydrogens is 386 g/mol. The minimum atomic E-state index is 0.0213. The Morgan fingerprint density at radius 3 is 2.69 bits per heavy atom. The van der Waals surface area contributed by atoms with E-state index < -0.39 is 0 Å². The molecule has 3 aromatic rings. The first-order valence-electron chi connectivity index (χ1n) is 10.2. The number of nitrogens with zero attached hydrogens (tertiary/aromatic N) is 4. The number of benzene rings is 1. The molecule has 0 unspecified atom stereocenters. The van der Waals surface area contributed by atoms with E-state index in [1.807, 2.05) is 30.3 Å². The van der Waals surface area contributed by atoms with Crippen molar-refractivity contribution in [3.63, 3.8) is 0 Å². The molecule has 7 heteroatoms.